The van der Waals surface area contributed by atoms with E-state index in [4.69, 9.17) is 0 Å². The highest BCUT2D eigenvalue weighted by Gasteiger charge is 2.21. The topological polar surface area (TPSA) is 0 Å². The molecule has 144 valence electrons. The molecule has 0 aliphatic rings. The predicted octanol–water partition coefficient (Wildman–Crippen LogP) is 6.79. The van der Waals surface area contributed by atoms with Gasteiger partial charge in [-0.05, 0) is 42.9 Å². The van der Waals surface area contributed by atoms with Crippen LogP contribution in [0.25, 0.3) is 0 Å². The van der Waals surface area contributed by atoms with Crippen LogP contribution in [0.3, 0.4) is 0 Å². The fourth-order valence-corrected chi connectivity index (χ4v) is 5.76. The summed E-state index contributed by atoms with van der Waals surface area (Å²) in [6.07, 6.45) is 7.17. The lowest BCUT2D eigenvalue weighted by Gasteiger charge is -2.22. The average Bonchev–Trinajstić information content (AvgIpc) is 2.75. The maximum atomic E-state index is 2.57. The van der Waals surface area contributed by atoms with Gasteiger partial charge in [-0.3, -0.25) is 0 Å². The summed E-state index contributed by atoms with van der Waals surface area (Å²) >= 11 is 0. The minimum atomic E-state index is -1.44. The van der Waals surface area contributed by atoms with Crippen molar-refractivity contribution < 1.29 is 0 Å². The third-order valence-electron chi connectivity index (χ3n) is 5.61. The van der Waals surface area contributed by atoms with E-state index in [1.54, 1.807) is 10.8 Å². The number of allylic oxidation sites excluding steroid dienone is 2. The molecule has 0 bridgehead atoms. The maximum absolute atomic E-state index is 2.57. The molecule has 0 N–H and O–H groups in total. The van der Waals surface area contributed by atoms with Gasteiger partial charge in [0.1, 0.15) is 0 Å². The average molecular weight is 385 g/mol. The van der Waals surface area contributed by atoms with Crippen molar-refractivity contribution in [3.63, 3.8) is 0 Å². The Labute approximate surface area is 172 Å². The molecule has 0 aliphatic carbocycles. The van der Waals surface area contributed by atoms with Gasteiger partial charge in [-0.2, -0.15) is 0 Å². The Morgan fingerprint density at radius 1 is 0.643 bits per heavy atom. The lowest BCUT2D eigenvalue weighted by atomic mass is 9.98. The fraction of sp³-hybridized carbons (Fsp3) is 0.259. The molecule has 0 aromatic heterocycles. The number of hydrogen-bond acceptors (Lipinski definition) is 0. The summed E-state index contributed by atoms with van der Waals surface area (Å²) in [5.74, 6) is 0. The number of benzene rings is 3. The summed E-state index contributed by atoms with van der Waals surface area (Å²) in [6.45, 7) is 4.98. The minimum absolute atomic E-state index is 1.13. The Kier molecular flexibility index (Phi) is 7.44. The van der Waals surface area contributed by atoms with E-state index in [2.05, 4.69) is 110 Å². The van der Waals surface area contributed by atoms with E-state index >= 15 is 0 Å². The minimum Gasteiger partial charge on any atom is -0.0876 e. The van der Waals surface area contributed by atoms with Crippen LogP contribution in [0.4, 0.5) is 0 Å². The van der Waals surface area contributed by atoms with Crippen LogP contribution in [-0.4, -0.2) is 8.07 Å². The Morgan fingerprint density at radius 2 is 1.07 bits per heavy atom. The van der Waals surface area contributed by atoms with Crippen molar-refractivity contribution in [2.75, 3.05) is 0 Å². The number of rotatable bonds is 9. The lowest BCUT2D eigenvalue weighted by molar-refractivity contribution is 0.832. The van der Waals surface area contributed by atoms with E-state index in [0.717, 1.165) is 25.7 Å². The van der Waals surface area contributed by atoms with Crippen LogP contribution >= 0.6 is 0 Å². The Balaban J connectivity index is 1.69. The normalized spacial score (nSPS) is 11.2. The first-order valence-corrected chi connectivity index (χ1v) is 13.7. The summed E-state index contributed by atoms with van der Waals surface area (Å²) < 4.78 is 0. The van der Waals surface area contributed by atoms with Crippen LogP contribution in [0.5, 0.6) is 0 Å². The van der Waals surface area contributed by atoms with E-state index in [1.807, 2.05) is 0 Å². The number of hydrogen-bond donors (Lipinski definition) is 0. The van der Waals surface area contributed by atoms with Crippen LogP contribution in [-0.2, 0) is 12.8 Å². The smallest absolute Gasteiger partial charge is 0.0843 e. The SMILES string of the molecule is C[Si](C)(CC=C(CCc1ccccc1)CCc1ccccc1)c1ccccc1. The first-order valence-electron chi connectivity index (χ1n) is 10.4. The summed E-state index contributed by atoms with van der Waals surface area (Å²) in [6, 6.07) is 34.1. The molecule has 0 fully saturated rings. The van der Waals surface area contributed by atoms with Gasteiger partial charge in [-0.25, -0.2) is 0 Å². The van der Waals surface area contributed by atoms with Crippen molar-refractivity contribution in [2.24, 2.45) is 0 Å². The molecule has 3 aromatic rings. The van der Waals surface area contributed by atoms with Crippen molar-refractivity contribution in [3.05, 3.63) is 114 Å². The molecule has 0 radical (unpaired) electrons. The van der Waals surface area contributed by atoms with Gasteiger partial charge in [0, 0.05) is 0 Å². The largest absolute Gasteiger partial charge is 0.0876 e. The zero-order chi connectivity index (χ0) is 19.7. The van der Waals surface area contributed by atoms with Crippen LogP contribution in [0.15, 0.2) is 103 Å². The Hall–Kier alpha value is -2.38. The van der Waals surface area contributed by atoms with Crippen LogP contribution < -0.4 is 5.19 Å². The third kappa shape index (κ3) is 6.35. The van der Waals surface area contributed by atoms with Gasteiger partial charge < -0.3 is 0 Å². The Bertz CT molecular complexity index is 803. The third-order valence-corrected chi connectivity index (χ3v) is 8.73. The van der Waals surface area contributed by atoms with E-state index in [1.165, 1.54) is 17.2 Å². The monoisotopic (exact) mass is 384 g/mol. The van der Waals surface area contributed by atoms with Gasteiger partial charge in [-0.15, -0.1) is 0 Å². The molecule has 0 saturated carbocycles. The van der Waals surface area contributed by atoms with Gasteiger partial charge in [0.15, 0.2) is 0 Å². The van der Waals surface area contributed by atoms with Gasteiger partial charge in [-0.1, -0.05) is 121 Å². The first-order chi connectivity index (χ1) is 13.6. The zero-order valence-corrected chi connectivity index (χ0v) is 18.3. The van der Waals surface area contributed by atoms with E-state index in [9.17, 15) is 0 Å². The van der Waals surface area contributed by atoms with Crippen LogP contribution in [0.2, 0.25) is 19.1 Å². The van der Waals surface area contributed by atoms with Gasteiger partial charge in [0.05, 0.1) is 8.07 Å². The van der Waals surface area contributed by atoms with Crippen LogP contribution in [0.1, 0.15) is 24.0 Å². The molecule has 0 aliphatic heterocycles. The quantitative estimate of drug-likeness (QED) is 0.281. The van der Waals surface area contributed by atoms with Crippen molar-refractivity contribution in [3.8, 4) is 0 Å². The molecule has 0 spiro atoms. The van der Waals surface area contributed by atoms with Crippen molar-refractivity contribution >= 4 is 13.3 Å². The van der Waals surface area contributed by atoms with E-state index in [0.29, 0.717) is 0 Å². The van der Waals surface area contributed by atoms with Gasteiger partial charge in [0.2, 0.25) is 0 Å². The standard InChI is InChI=1S/C27H32Si/c1-28(2,27-16-10-5-11-17-27)23-22-26(20-18-24-12-6-3-7-13-24)21-19-25-14-8-4-9-15-25/h3-17,22H,18-21,23H2,1-2H3. The summed E-state index contributed by atoms with van der Waals surface area (Å²) in [4.78, 5) is 0. The molecule has 0 nitrogen and oxygen atoms in total. The molecular formula is C27H32Si. The fourth-order valence-electron chi connectivity index (χ4n) is 3.63. The highest BCUT2D eigenvalue weighted by Crippen LogP contribution is 2.20. The second kappa shape index (κ2) is 10.2. The molecule has 0 unspecified atom stereocenters. The maximum Gasteiger partial charge on any atom is 0.0843 e. The van der Waals surface area contributed by atoms with Crippen molar-refractivity contribution in [1.82, 2.24) is 0 Å². The highest BCUT2D eigenvalue weighted by atomic mass is 28.3. The molecule has 0 atom stereocenters. The molecule has 0 heterocycles. The summed E-state index contributed by atoms with van der Waals surface area (Å²) in [5.41, 5.74) is 4.49. The van der Waals surface area contributed by atoms with E-state index < -0.39 is 8.07 Å². The molecule has 0 amide bonds. The second-order valence-electron chi connectivity index (χ2n) is 8.29. The highest BCUT2D eigenvalue weighted by molar-refractivity contribution is 6.90. The Morgan fingerprint density at radius 3 is 1.54 bits per heavy atom. The van der Waals surface area contributed by atoms with Gasteiger partial charge >= 0.3 is 0 Å². The molecule has 3 rings (SSSR count). The molecular weight excluding hydrogens is 352 g/mol. The molecule has 1 heteroatoms. The lowest BCUT2D eigenvalue weighted by Crippen LogP contribution is -2.40. The van der Waals surface area contributed by atoms with E-state index in [-0.39, 0.29) is 0 Å². The van der Waals surface area contributed by atoms with Crippen molar-refractivity contribution in [1.29, 1.82) is 0 Å². The zero-order valence-electron chi connectivity index (χ0n) is 17.3. The summed E-state index contributed by atoms with van der Waals surface area (Å²) in [5, 5.41) is 1.55. The molecule has 28 heavy (non-hydrogen) atoms. The van der Waals surface area contributed by atoms with Gasteiger partial charge in [0.25, 0.3) is 0 Å². The predicted molar refractivity (Wildman–Crippen MR) is 126 cm³/mol. The van der Waals surface area contributed by atoms with Crippen LogP contribution in [0, 0.1) is 0 Å². The molecule has 0 saturated heterocycles. The first kappa shape index (κ1) is 20.4. The second-order valence-corrected chi connectivity index (χ2v) is 13.0. The van der Waals surface area contributed by atoms with Crippen molar-refractivity contribution in [2.45, 2.75) is 44.8 Å². The number of aryl methyl sites for hydroxylation is 2. The molecule has 3 aromatic carbocycles. The summed E-state index contributed by atoms with van der Waals surface area (Å²) in [7, 11) is -1.44.